The van der Waals surface area contributed by atoms with Gasteiger partial charge in [0.2, 0.25) is 15.9 Å². The normalized spacial score (nSPS) is 15.1. The van der Waals surface area contributed by atoms with Gasteiger partial charge in [0.25, 0.3) is 0 Å². The molecule has 0 spiro atoms. The van der Waals surface area contributed by atoms with Gasteiger partial charge in [0.15, 0.2) is 0 Å². The standard InChI is InChI=1S/C14H20N4O4S/c1-9-3-4-10(2)12(5-9)23(21,22)16-6-13(19)17-11-7-18(8-11)14(15)20/h3-5,11,16H,6-8H2,1-2H3,(H2,15,20)(H,17,19). The Bertz CT molecular complexity index is 726. The Morgan fingerprint density at radius 2 is 1.96 bits per heavy atom. The van der Waals surface area contributed by atoms with Gasteiger partial charge in [-0.05, 0) is 31.0 Å². The zero-order valence-electron chi connectivity index (χ0n) is 13.0. The molecule has 0 saturated carbocycles. The molecule has 23 heavy (non-hydrogen) atoms. The van der Waals surface area contributed by atoms with Gasteiger partial charge in [0.1, 0.15) is 0 Å². The van der Waals surface area contributed by atoms with Crippen LogP contribution in [0, 0.1) is 13.8 Å². The minimum atomic E-state index is -3.75. The Labute approximate surface area is 135 Å². The van der Waals surface area contributed by atoms with Crippen LogP contribution in [0.2, 0.25) is 0 Å². The Balaban J connectivity index is 1.88. The summed E-state index contributed by atoms with van der Waals surface area (Å²) in [5.41, 5.74) is 6.51. The maximum Gasteiger partial charge on any atom is 0.314 e. The molecule has 9 heteroatoms. The molecule has 0 unspecified atom stereocenters. The van der Waals surface area contributed by atoms with Crippen LogP contribution in [0.4, 0.5) is 4.79 Å². The first-order valence-electron chi connectivity index (χ1n) is 7.09. The highest BCUT2D eigenvalue weighted by Crippen LogP contribution is 2.16. The van der Waals surface area contributed by atoms with E-state index < -0.39 is 22.0 Å². The predicted octanol–water partition coefficient (Wildman–Crippen LogP) is -0.539. The minimum Gasteiger partial charge on any atom is -0.351 e. The maximum atomic E-state index is 12.3. The van der Waals surface area contributed by atoms with E-state index >= 15 is 0 Å². The van der Waals surface area contributed by atoms with Crippen molar-refractivity contribution in [3.05, 3.63) is 29.3 Å². The number of carbonyl (C=O) groups is 2. The van der Waals surface area contributed by atoms with E-state index in [-0.39, 0.29) is 17.5 Å². The van der Waals surface area contributed by atoms with Gasteiger partial charge in [-0.3, -0.25) is 4.79 Å². The lowest BCUT2D eigenvalue weighted by Gasteiger charge is -2.38. The smallest absolute Gasteiger partial charge is 0.314 e. The molecule has 1 fully saturated rings. The Morgan fingerprint density at radius 1 is 1.30 bits per heavy atom. The van der Waals surface area contributed by atoms with Gasteiger partial charge in [0.05, 0.1) is 17.5 Å². The minimum absolute atomic E-state index is 0.161. The second-order valence-corrected chi connectivity index (χ2v) is 7.34. The number of nitrogens with zero attached hydrogens (tertiary/aromatic N) is 1. The van der Waals surface area contributed by atoms with Gasteiger partial charge < -0.3 is 16.0 Å². The lowest BCUT2D eigenvalue weighted by Crippen LogP contribution is -2.62. The summed E-state index contributed by atoms with van der Waals surface area (Å²) in [5.74, 6) is -0.451. The second kappa shape index (κ2) is 6.55. The van der Waals surface area contributed by atoms with E-state index in [1.165, 1.54) is 4.90 Å². The van der Waals surface area contributed by atoms with Gasteiger partial charge in [-0.2, -0.15) is 0 Å². The zero-order chi connectivity index (χ0) is 17.2. The highest BCUT2D eigenvalue weighted by atomic mass is 32.2. The third-order valence-electron chi connectivity index (χ3n) is 3.61. The molecule has 0 atom stereocenters. The molecule has 0 aliphatic carbocycles. The van der Waals surface area contributed by atoms with E-state index in [1.807, 2.05) is 6.07 Å². The number of amides is 3. The second-order valence-electron chi connectivity index (χ2n) is 5.60. The predicted molar refractivity (Wildman–Crippen MR) is 84.2 cm³/mol. The van der Waals surface area contributed by atoms with Crippen LogP contribution in [0.15, 0.2) is 23.1 Å². The molecule has 1 aromatic rings. The lowest BCUT2D eigenvalue weighted by molar-refractivity contribution is -0.121. The molecule has 0 radical (unpaired) electrons. The zero-order valence-corrected chi connectivity index (χ0v) is 13.8. The van der Waals surface area contributed by atoms with Crippen molar-refractivity contribution in [2.45, 2.75) is 24.8 Å². The molecule has 3 amide bonds. The Kier molecular flexibility index (Phi) is 4.90. The molecule has 1 saturated heterocycles. The molecule has 0 bridgehead atoms. The fourth-order valence-corrected chi connectivity index (χ4v) is 3.57. The topological polar surface area (TPSA) is 122 Å². The molecule has 126 valence electrons. The molecule has 4 N–H and O–H groups in total. The lowest BCUT2D eigenvalue weighted by atomic mass is 10.1. The van der Waals surface area contributed by atoms with E-state index in [9.17, 15) is 18.0 Å². The number of nitrogens with two attached hydrogens (primary N) is 1. The fraction of sp³-hybridized carbons (Fsp3) is 0.429. The average Bonchev–Trinajstić information content (AvgIpc) is 2.42. The number of hydrogen-bond acceptors (Lipinski definition) is 4. The van der Waals surface area contributed by atoms with Crippen LogP contribution in [0.25, 0.3) is 0 Å². The number of sulfonamides is 1. The van der Waals surface area contributed by atoms with Crippen LogP contribution < -0.4 is 15.8 Å². The number of aryl methyl sites for hydroxylation is 2. The molecular formula is C14H20N4O4S. The fourth-order valence-electron chi connectivity index (χ4n) is 2.26. The van der Waals surface area contributed by atoms with Crippen molar-refractivity contribution in [3.8, 4) is 0 Å². The molecule has 1 aliphatic rings. The molecule has 1 aliphatic heterocycles. The number of carbonyl (C=O) groups excluding carboxylic acids is 2. The average molecular weight is 340 g/mol. The molecule has 1 heterocycles. The number of benzene rings is 1. The molecular weight excluding hydrogens is 320 g/mol. The molecule has 2 rings (SSSR count). The van der Waals surface area contributed by atoms with Crippen molar-refractivity contribution in [1.82, 2.24) is 14.9 Å². The van der Waals surface area contributed by atoms with Crippen LogP contribution in [-0.2, 0) is 14.8 Å². The summed E-state index contributed by atoms with van der Waals surface area (Å²) in [6.45, 7) is 3.81. The quantitative estimate of drug-likeness (QED) is 0.666. The van der Waals surface area contributed by atoms with Gasteiger partial charge in [-0.1, -0.05) is 12.1 Å². The van der Waals surface area contributed by atoms with E-state index in [1.54, 1.807) is 26.0 Å². The first-order chi connectivity index (χ1) is 10.7. The van der Waals surface area contributed by atoms with Crippen molar-refractivity contribution in [2.75, 3.05) is 19.6 Å². The van der Waals surface area contributed by atoms with Gasteiger partial charge >= 0.3 is 6.03 Å². The number of primary amides is 1. The summed E-state index contributed by atoms with van der Waals surface area (Å²) < 4.78 is 26.8. The highest BCUT2D eigenvalue weighted by Gasteiger charge is 2.30. The van der Waals surface area contributed by atoms with Gasteiger partial charge in [0, 0.05) is 13.1 Å². The van der Waals surface area contributed by atoms with E-state index in [4.69, 9.17) is 5.73 Å². The van der Waals surface area contributed by atoms with Gasteiger partial charge in [-0.25, -0.2) is 17.9 Å². The summed E-state index contributed by atoms with van der Waals surface area (Å²) in [7, 11) is -3.75. The molecule has 8 nitrogen and oxygen atoms in total. The number of nitrogens with one attached hydrogen (secondary N) is 2. The first kappa shape index (κ1) is 17.2. The monoisotopic (exact) mass is 340 g/mol. The summed E-state index contributed by atoms with van der Waals surface area (Å²) in [5, 5.41) is 2.64. The maximum absolute atomic E-state index is 12.3. The van der Waals surface area contributed by atoms with Crippen molar-refractivity contribution in [3.63, 3.8) is 0 Å². The van der Waals surface area contributed by atoms with E-state index in [2.05, 4.69) is 10.0 Å². The molecule has 1 aromatic carbocycles. The van der Waals surface area contributed by atoms with Crippen LogP contribution in [0.5, 0.6) is 0 Å². The summed E-state index contributed by atoms with van der Waals surface area (Å²) in [4.78, 5) is 24.2. The van der Waals surface area contributed by atoms with Crippen molar-refractivity contribution < 1.29 is 18.0 Å². The van der Waals surface area contributed by atoms with Crippen molar-refractivity contribution in [1.29, 1.82) is 0 Å². The van der Waals surface area contributed by atoms with Crippen molar-refractivity contribution >= 4 is 22.0 Å². The van der Waals surface area contributed by atoms with Crippen LogP contribution in [0.3, 0.4) is 0 Å². The summed E-state index contributed by atoms with van der Waals surface area (Å²) >= 11 is 0. The number of urea groups is 1. The van der Waals surface area contributed by atoms with E-state index in [0.29, 0.717) is 18.7 Å². The third-order valence-corrected chi connectivity index (χ3v) is 5.16. The van der Waals surface area contributed by atoms with Crippen molar-refractivity contribution in [2.24, 2.45) is 5.73 Å². The number of rotatable bonds is 5. The SMILES string of the molecule is Cc1ccc(C)c(S(=O)(=O)NCC(=O)NC2CN(C(N)=O)C2)c1. The molecule has 0 aromatic heterocycles. The third kappa shape index (κ3) is 4.20. The van der Waals surface area contributed by atoms with Crippen LogP contribution >= 0.6 is 0 Å². The number of likely N-dealkylation sites (tertiary alicyclic amines) is 1. The first-order valence-corrected chi connectivity index (χ1v) is 8.58. The number of hydrogen-bond donors (Lipinski definition) is 3. The summed E-state index contributed by atoms with van der Waals surface area (Å²) in [6.07, 6.45) is 0. The Hall–Kier alpha value is -2.13. The van der Waals surface area contributed by atoms with Gasteiger partial charge in [-0.15, -0.1) is 0 Å². The van der Waals surface area contributed by atoms with Crippen LogP contribution in [-0.4, -0.2) is 50.9 Å². The van der Waals surface area contributed by atoms with Crippen LogP contribution in [0.1, 0.15) is 11.1 Å². The van der Waals surface area contributed by atoms with E-state index in [0.717, 1.165) is 5.56 Å². The summed E-state index contributed by atoms with van der Waals surface area (Å²) in [6, 6.07) is 4.37. The Morgan fingerprint density at radius 3 is 2.57 bits per heavy atom. The largest absolute Gasteiger partial charge is 0.351 e. The highest BCUT2D eigenvalue weighted by molar-refractivity contribution is 7.89.